The van der Waals surface area contributed by atoms with Gasteiger partial charge >= 0.3 is 5.97 Å². The summed E-state index contributed by atoms with van der Waals surface area (Å²) < 4.78 is 19.0. The van der Waals surface area contributed by atoms with Gasteiger partial charge in [-0.3, -0.25) is 34.0 Å². The predicted molar refractivity (Wildman–Crippen MR) is 259 cm³/mol. The number of pyridine rings is 1. The molecule has 0 radical (unpaired) electrons. The number of phenolic OH excluding ortho intramolecular Hbond substituents is 1. The third-order valence-corrected chi connectivity index (χ3v) is 14.1. The van der Waals surface area contributed by atoms with Gasteiger partial charge < -0.3 is 38.6 Å². The molecule has 16 nitrogen and oxygen atoms in total. The molecule has 4 amide bonds. The van der Waals surface area contributed by atoms with E-state index < -0.39 is 40.8 Å². The van der Waals surface area contributed by atoms with Crippen LogP contribution >= 0.6 is 0 Å². The lowest BCUT2D eigenvalue weighted by Crippen LogP contribution is -2.60. The molecule has 3 saturated heterocycles. The van der Waals surface area contributed by atoms with E-state index in [0.29, 0.717) is 57.5 Å². The first-order chi connectivity index (χ1) is 33.0. The molecule has 0 saturated carbocycles. The number of hydrogen-bond donors (Lipinski definition) is 2. The smallest absolute Gasteiger partial charge is 0.324 e. The van der Waals surface area contributed by atoms with E-state index in [1.165, 1.54) is 21.9 Å². The topological polar surface area (TPSA) is 176 Å². The third-order valence-electron chi connectivity index (χ3n) is 14.1. The van der Waals surface area contributed by atoms with Gasteiger partial charge in [-0.2, -0.15) is 0 Å². The molecule has 2 aromatic heterocycles. The molecule has 8 rings (SSSR count). The summed E-state index contributed by atoms with van der Waals surface area (Å²) in [6.45, 7) is 12.1. The van der Waals surface area contributed by atoms with Crippen molar-refractivity contribution in [2.75, 3.05) is 60.7 Å². The number of rotatable bonds is 9. The van der Waals surface area contributed by atoms with Crippen LogP contribution in [0.25, 0.3) is 33.3 Å². The fourth-order valence-corrected chi connectivity index (χ4v) is 10.7. The quantitative estimate of drug-likeness (QED) is 0.132. The first-order valence-corrected chi connectivity index (χ1v) is 24.0. The number of cyclic esters (lactones) is 1. The number of hydrazine groups is 1. The fourth-order valence-electron chi connectivity index (χ4n) is 10.7. The number of aromatic nitrogens is 2. The second-order valence-electron chi connectivity index (χ2n) is 20.1. The highest BCUT2D eigenvalue weighted by Gasteiger charge is 2.64. The number of aromatic hydroxyl groups is 1. The number of benzene rings is 2. The molecule has 4 aliphatic rings. The molecule has 69 heavy (non-hydrogen) atoms. The van der Waals surface area contributed by atoms with E-state index in [9.17, 15) is 24.3 Å². The number of carbonyl (C=O) groups excluding carboxylic acids is 5. The minimum atomic E-state index is -1.41. The zero-order valence-corrected chi connectivity index (χ0v) is 41.1. The molecule has 366 valence electrons. The molecule has 4 atom stereocenters. The van der Waals surface area contributed by atoms with Crippen LogP contribution in [0.1, 0.15) is 70.7 Å². The maximum atomic E-state index is 15.1. The minimum absolute atomic E-state index is 0.00364. The highest BCUT2D eigenvalue weighted by molar-refractivity contribution is 6.01. The summed E-state index contributed by atoms with van der Waals surface area (Å²) in [4.78, 5) is 80.3. The standard InChI is InChI=1S/C53H65N7O9/c1-9-58-44-17-16-35-26-40(44)41(47(58)39-13-10-19-54-43(39)30-68-8)28-52(4,5)32-69-50(65)42-14-11-20-60(55-42)51(66)53(27-34-23-37(35)25-38(61)24-34)31-59(53)49(64)46(33(2)3)56(6)48(63)36-18-21-57(29-36)45(62)15-12-22-67-7/h10,13,16-17,19,23-26,33,36,42,46,55,61H,9,11,14,18,20-22,27-32H2,1-8H3/t36-,42-,46-,53?,59?/m0/s1. The van der Waals surface area contributed by atoms with Gasteiger partial charge in [0.05, 0.1) is 37.1 Å². The number of likely N-dealkylation sites (tertiary alicyclic amines) is 1. The fraction of sp³-hybridized carbons (Fsp3) is 0.509. The van der Waals surface area contributed by atoms with Gasteiger partial charge in [-0.15, -0.1) is 0 Å². The average Bonchev–Trinajstić information content (AvgIpc) is 3.68. The van der Waals surface area contributed by atoms with E-state index in [4.69, 9.17) is 19.2 Å². The van der Waals surface area contributed by atoms with Crippen LogP contribution < -0.4 is 5.43 Å². The normalized spacial score (nSPS) is 21.7. The Labute approximate surface area is 404 Å². The van der Waals surface area contributed by atoms with Gasteiger partial charge in [0, 0.05) is 81.9 Å². The zero-order chi connectivity index (χ0) is 49.4. The highest BCUT2D eigenvalue weighted by atomic mass is 16.5. The number of nitrogens with one attached hydrogen (secondary N) is 1. The Morgan fingerprint density at radius 3 is 2.57 bits per heavy atom. The first-order valence-electron chi connectivity index (χ1n) is 24.0. The second-order valence-corrected chi connectivity index (χ2v) is 20.1. The molecule has 16 heteroatoms. The van der Waals surface area contributed by atoms with Crippen LogP contribution in [0.2, 0.25) is 0 Å². The summed E-state index contributed by atoms with van der Waals surface area (Å²) >= 11 is 0. The largest absolute Gasteiger partial charge is 0.508 e. The SMILES string of the molecule is CCn1c(-c2cccnc2COC)c2c3cc(ccc31)-c1cc(O)cc(c1)CC1(CN1C(=O)[C@H](C(C)C)N(C)C(=O)[C@H]1CCN(C(=O)C#CCOC)C1)C(=O)N1CCC[C@H](N1)C(=O)OCC(C)(C)C2. The van der Waals surface area contributed by atoms with E-state index >= 15 is 4.79 Å². The lowest BCUT2D eigenvalue weighted by atomic mass is 9.84. The van der Waals surface area contributed by atoms with Gasteiger partial charge in [-0.1, -0.05) is 45.7 Å². The summed E-state index contributed by atoms with van der Waals surface area (Å²) in [6, 6.07) is 13.8. The average molecular weight is 944 g/mol. The molecule has 2 aromatic carbocycles. The molecule has 4 aromatic rings. The van der Waals surface area contributed by atoms with Gasteiger partial charge in [0.25, 0.3) is 11.8 Å². The van der Waals surface area contributed by atoms with Gasteiger partial charge in [-0.25, -0.2) is 5.43 Å². The Morgan fingerprint density at radius 1 is 1.03 bits per heavy atom. The number of nitrogens with zero attached hydrogens (tertiary/aromatic N) is 6. The van der Waals surface area contributed by atoms with Crippen molar-refractivity contribution in [3.05, 3.63) is 71.5 Å². The molecular weight excluding hydrogens is 879 g/mol. The van der Waals surface area contributed by atoms with Crippen molar-refractivity contribution in [1.82, 2.24) is 34.7 Å². The second kappa shape index (κ2) is 20.0. The Morgan fingerprint density at radius 2 is 1.83 bits per heavy atom. The van der Waals surface area contributed by atoms with Crippen molar-refractivity contribution in [2.45, 2.75) is 97.5 Å². The number of fused-ring (bicyclic) bond motifs is 6. The third kappa shape index (κ3) is 9.82. The Kier molecular flexibility index (Phi) is 14.2. The van der Waals surface area contributed by atoms with Crippen molar-refractivity contribution in [1.29, 1.82) is 0 Å². The van der Waals surface area contributed by atoms with Crippen LogP contribution in [0.3, 0.4) is 0 Å². The molecule has 1 unspecified atom stereocenters. The van der Waals surface area contributed by atoms with Crippen LogP contribution in [-0.4, -0.2) is 142 Å². The number of aryl methyl sites for hydroxylation is 1. The van der Waals surface area contributed by atoms with E-state index in [0.717, 1.165) is 44.5 Å². The van der Waals surface area contributed by atoms with E-state index in [1.807, 2.05) is 32.0 Å². The number of likely N-dealkylation sites (N-methyl/N-ethyl adjacent to an activating group) is 1. The molecule has 6 bridgehead atoms. The number of esters is 1. The van der Waals surface area contributed by atoms with Gasteiger partial charge in [-0.05, 0) is 103 Å². The zero-order valence-electron chi connectivity index (χ0n) is 41.1. The summed E-state index contributed by atoms with van der Waals surface area (Å²) in [7, 11) is 4.76. The molecule has 2 N–H and O–H groups in total. The Balaban J connectivity index is 1.18. The Hall–Kier alpha value is -6.28. The molecule has 6 heterocycles. The number of methoxy groups -OCH3 is 2. The van der Waals surface area contributed by atoms with Crippen LogP contribution in [0.5, 0.6) is 5.75 Å². The van der Waals surface area contributed by atoms with E-state index in [-0.39, 0.29) is 62.1 Å². The summed E-state index contributed by atoms with van der Waals surface area (Å²) in [5.41, 5.74) is 8.28. The van der Waals surface area contributed by atoms with Gasteiger partial charge in [0.1, 0.15) is 30.0 Å². The van der Waals surface area contributed by atoms with Gasteiger partial charge in [0.2, 0.25) is 11.8 Å². The minimum Gasteiger partial charge on any atom is -0.508 e. The lowest BCUT2D eigenvalue weighted by molar-refractivity contribution is -0.156. The highest BCUT2D eigenvalue weighted by Crippen LogP contribution is 2.44. The maximum Gasteiger partial charge on any atom is 0.324 e. The number of phenols is 1. The Bertz CT molecular complexity index is 2720. The van der Waals surface area contributed by atoms with Crippen molar-refractivity contribution in [2.24, 2.45) is 17.3 Å². The molecular formula is C53H65N7O9. The summed E-state index contributed by atoms with van der Waals surface area (Å²) in [6.07, 6.45) is 3.75. The number of hydrogen-bond acceptors (Lipinski definition) is 11. The van der Waals surface area contributed by atoms with Crippen molar-refractivity contribution in [3.8, 4) is 40.0 Å². The van der Waals surface area contributed by atoms with Crippen LogP contribution in [0.15, 0.2) is 54.7 Å². The van der Waals surface area contributed by atoms with E-state index in [2.05, 4.69) is 60.8 Å². The predicted octanol–water partition coefficient (Wildman–Crippen LogP) is 4.97. The lowest BCUT2D eigenvalue weighted by Gasteiger charge is -2.36. The van der Waals surface area contributed by atoms with Crippen LogP contribution in [-0.2, 0) is 64.2 Å². The van der Waals surface area contributed by atoms with Crippen molar-refractivity contribution in [3.63, 3.8) is 0 Å². The molecule has 1 spiro atoms. The number of ether oxygens (including phenoxy) is 3. The summed E-state index contributed by atoms with van der Waals surface area (Å²) in [5.74, 6) is 2.46. The van der Waals surface area contributed by atoms with Crippen molar-refractivity contribution >= 4 is 40.5 Å². The molecule has 0 aliphatic carbocycles. The number of amides is 4. The maximum absolute atomic E-state index is 15.1. The molecule has 3 fully saturated rings. The van der Waals surface area contributed by atoms with Crippen LogP contribution in [0.4, 0.5) is 0 Å². The number of carbonyl (C=O) groups is 5. The van der Waals surface area contributed by atoms with E-state index in [1.54, 1.807) is 37.4 Å². The van der Waals surface area contributed by atoms with Gasteiger partial charge in [0.15, 0.2) is 0 Å². The van der Waals surface area contributed by atoms with Crippen molar-refractivity contribution < 1.29 is 43.3 Å². The summed E-state index contributed by atoms with van der Waals surface area (Å²) in [5, 5.41) is 13.9. The van der Waals surface area contributed by atoms with Crippen LogP contribution in [0, 0.1) is 29.1 Å². The first kappa shape index (κ1) is 49.2. The molecule has 4 aliphatic heterocycles. The monoisotopic (exact) mass is 943 g/mol.